The van der Waals surface area contributed by atoms with Crippen LogP contribution in [0.3, 0.4) is 0 Å². The number of primary sulfonamides is 1. The van der Waals surface area contributed by atoms with Crippen LogP contribution in [0.5, 0.6) is 11.5 Å². The van der Waals surface area contributed by atoms with Gasteiger partial charge in [0.2, 0.25) is 10.0 Å². The van der Waals surface area contributed by atoms with E-state index in [1.807, 2.05) is 63.4 Å². The molecule has 0 fully saturated rings. The highest BCUT2D eigenvalue weighted by molar-refractivity contribution is 7.98. The second-order valence-corrected chi connectivity index (χ2v) is 7.77. The maximum absolute atomic E-state index is 11.5. The van der Waals surface area contributed by atoms with Crippen molar-refractivity contribution >= 4 is 21.8 Å². The molecule has 0 aromatic heterocycles. The third kappa shape index (κ3) is 6.70. The fourth-order valence-electron chi connectivity index (χ4n) is 2.07. The largest absolute Gasteiger partial charge is 0.457 e. The average Bonchev–Trinajstić information content (AvgIpc) is 2.57. The van der Waals surface area contributed by atoms with Crippen molar-refractivity contribution in [2.24, 2.45) is 5.14 Å². The van der Waals surface area contributed by atoms with Crippen molar-refractivity contribution in [1.82, 2.24) is 4.90 Å². The van der Waals surface area contributed by atoms with E-state index >= 15 is 0 Å². The zero-order chi connectivity index (χ0) is 19.0. The highest BCUT2D eigenvalue weighted by Gasteiger charge is 2.13. The van der Waals surface area contributed by atoms with Gasteiger partial charge in [0.15, 0.2) is 0 Å². The third-order valence-electron chi connectivity index (χ3n) is 3.13. The molecule has 138 valence electrons. The van der Waals surface area contributed by atoms with Crippen molar-refractivity contribution in [3.8, 4) is 11.5 Å². The van der Waals surface area contributed by atoms with Gasteiger partial charge in [-0.1, -0.05) is 13.8 Å². The number of nitrogens with two attached hydrogens (primary N) is 1. The number of sulfonamides is 1. The first-order valence-electron chi connectivity index (χ1n) is 7.92. The van der Waals surface area contributed by atoms with Gasteiger partial charge in [0.1, 0.15) is 11.5 Å². The molecule has 0 bridgehead atoms. The van der Waals surface area contributed by atoms with E-state index in [2.05, 4.69) is 0 Å². The summed E-state index contributed by atoms with van der Waals surface area (Å²) in [5.41, 5.74) is 0.760. The van der Waals surface area contributed by atoms with Gasteiger partial charge >= 0.3 is 0 Å². The fourth-order valence-corrected chi connectivity index (χ4v) is 3.04. The highest BCUT2D eigenvalue weighted by atomic mass is 32.2. The lowest BCUT2D eigenvalue weighted by Gasteiger charge is -2.16. The van der Waals surface area contributed by atoms with Gasteiger partial charge in [-0.05, 0) is 62.8 Å². The van der Waals surface area contributed by atoms with Gasteiger partial charge in [-0.25, -0.2) is 13.6 Å². The fraction of sp³-hybridized carbons (Fsp3) is 0.333. The van der Waals surface area contributed by atoms with Gasteiger partial charge in [0.05, 0.1) is 4.90 Å². The second kappa shape index (κ2) is 9.82. The lowest BCUT2D eigenvalue weighted by molar-refractivity contribution is 0.388. The molecule has 0 spiro atoms. The summed E-state index contributed by atoms with van der Waals surface area (Å²) in [4.78, 5) is 3.17. The van der Waals surface area contributed by atoms with Crippen molar-refractivity contribution < 1.29 is 13.2 Å². The van der Waals surface area contributed by atoms with Crippen molar-refractivity contribution in [2.45, 2.75) is 30.2 Å². The van der Waals surface area contributed by atoms with Gasteiger partial charge in [0.25, 0.3) is 0 Å². The monoisotopic (exact) mass is 382 g/mol. The highest BCUT2D eigenvalue weighted by Crippen LogP contribution is 2.29. The summed E-state index contributed by atoms with van der Waals surface area (Å²) in [6.07, 6.45) is 2.01. The van der Waals surface area contributed by atoms with Gasteiger partial charge in [-0.15, -0.1) is 11.8 Å². The van der Waals surface area contributed by atoms with Crippen LogP contribution in [-0.2, 0) is 16.6 Å². The van der Waals surface area contributed by atoms with Crippen LogP contribution >= 0.6 is 11.8 Å². The smallest absolute Gasteiger partial charge is 0.238 e. The number of hydrogen-bond acceptors (Lipinski definition) is 5. The topological polar surface area (TPSA) is 72.6 Å². The van der Waals surface area contributed by atoms with E-state index in [-0.39, 0.29) is 4.90 Å². The van der Waals surface area contributed by atoms with E-state index in [9.17, 15) is 8.42 Å². The quantitative estimate of drug-likeness (QED) is 0.766. The predicted octanol–water partition coefficient (Wildman–Crippen LogP) is 3.94. The summed E-state index contributed by atoms with van der Waals surface area (Å²) < 4.78 is 29.0. The Morgan fingerprint density at radius 2 is 1.68 bits per heavy atom. The van der Waals surface area contributed by atoms with Crippen LogP contribution in [0, 0.1) is 0 Å². The van der Waals surface area contributed by atoms with Crippen molar-refractivity contribution in [1.29, 1.82) is 0 Å². The molecule has 7 heteroatoms. The van der Waals surface area contributed by atoms with Gasteiger partial charge in [-0.3, -0.25) is 0 Å². The van der Waals surface area contributed by atoms with Crippen LogP contribution < -0.4 is 9.88 Å². The summed E-state index contributed by atoms with van der Waals surface area (Å²) in [5.74, 6) is 1.31. The Bertz CT molecular complexity index is 773. The molecule has 2 N–H and O–H groups in total. The maximum atomic E-state index is 11.5. The van der Waals surface area contributed by atoms with Crippen molar-refractivity contribution in [2.75, 3.05) is 20.4 Å². The Morgan fingerprint density at radius 1 is 1.08 bits per heavy atom. The molecule has 0 saturated heterocycles. The van der Waals surface area contributed by atoms with Gasteiger partial charge in [0, 0.05) is 17.0 Å². The molecular formula is C18H26N2O3S2. The molecule has 0 aliphatic rings. The molecule has 2 aromatic carbocycles. The van der Waals surface area contributed by atoms with E-state index < -0.39 is 10.0 Å². The molecule has 0 heterocycles. The minimum absolute atomic E-state index is 0.0828. The Kier molecular flexibility index (Phi) is 8.44. The summed E-state index contributed by atoms with van der Waals surface area (Å²) >= 11 is 1.66. The lowest BCUT2D eigenvalue weighted by atomic mass is 10.2. The average molecular weight is 383 g/mol. The van der Waals surface area contributed by atoms with E-state index in [1.165, 1.54) is 6.07 Å². The predicted molar refractivity (Wildman–Crippen MR) is 105 cm³/mol. The number of nitrogens with zero attached hydrogens (tertiary/aromatic N) is 1. The Balaban J connectivity index is 0.00000151. The molecule has 2 aromatic rings. The number of thioether (sulfide) groups is 1. The van der Waals surface area contributed by atoms with Crippen LogP contribution in [-0.4, -0.2) is 33.7 Å². The number of hydrogen-bond donors (Lipinski definition) is 1. The van der Waals surface area contributed by atoms with Crippen LogP contribution in [0.4, 0.5) is 0 Å². The van der Waals surface area contributed by atoms with Crippen LogP contribution in [0.2, 0.25) is 0 Å². The normalized spacial score (nSPS) is 11.0. The second-order valence-electron chi connectivity index (χ2n) is 5.33. The standard InChI is InChI=1S/C16H20N2O3S2.C2H6/c1-18(2)11-12-10-15(23(17,19)20)8-9-16(12)21-13-4-6-14(22-3)7-5-13;1-2/h4-10H,11H2,1-3H3,(H2,17,19,20);1-2H3. The first kappa shape index (κ1) is 21.5. The maximum Gasteiger partial charge on any atom is 0.238 e. The molecule has 0 aliphatic carbocycles. The number of ether oxygens (including phenoxy) is 1. The number of rotatable bonds is 6. The molecule has 0 unspecified atom stereocenters. The van der Waals surface area contributed by atoms with E-state index in [1.54, 1.807) is 23.9 Å². The van der Waals surface area contributed by atoms with E-state index in [0.717, 1.165) is 10.5 Å². The zero-order valence-corrected chi connectivity index (χ0v) is 16.9. The molecular weight excluding hydrogens is 356 g/mol. The third-order valence-corrected chi connectivity index (χ3v) is 4.79. The summed E-state index contributed by atoms with van der Waals surface area (Å²) in [5, 5.41) is 5.21. The Morgan fingerprint density at radius 3 is 2.16 bits per heavy atom. The van der Waals surface area contributed by atoms with E-state index in [4.69, 9.17) is 9.88 Å². The summed E-state index contributed by atoms with van der Waals surface area (Å²) in [6, 6.07) is 12.4. The first-order valence-corrected chi connectivity index (χ1v) is 10.7. The summed E-state index contributed by atoms with van der Waals surface area (Å²) in [7, 11) is 0.0703. The molecule has 0 aliphatic heterocycles. The molecule has 5 nitrogen and oxygen atoms in total. The van der Waals surface area contributed by atoms with Crippen LogP contribution in [0.25, 0.3) is 0 Å². The first-order chi connectivity index (χ1) is 11.8. The molecule has 0 radical (unpaired) electrons. The SMILES string of the molecule is CC.CSc1ccc(Oc2ccc(S(N)(=O)=O)cc2CN(C)C)cc1. The van der Waals surface area contributed by atoms with Crippen LogP contribution in [0.1, 0.15) is 19.4 Å². The van der Waals surface area contributed by atoms with Crippen LogP contribution in [0.15, 0.2) is 52.3 Å². The molecule has 0 saturated carbocycles. The van der Waals surface area contributed by atoms with Gasteiger partial charge < -0.3 is 9.64 Å². The molecule has 25 heavy (non-hydrogen) atoms. The molecule has 2 rings (SSSR count). The molecule has 0 amide bonds. The van der Waals surface area contributed by atoms with Crippen molar-refractivity contribution in [3.63, 3.8) is 0 Å². The number of benzene rings is 2. The van der Waals surface area contributed by atoms with Gasteiger partial charge in [-0.2, -0.15) is 0 Å². The minimum atomic E-state index is -3.74. The lowest BCUT2D eigenvalue weighted by Crippen LogP contribution is -2.15. The van der Waals surface area contributed by atoms with Crippen molar-refractivity contribution in [3.05, 3.63) is 48.0 Å². The Labute approximate surface area is 155 Å². The Hall–Kier alpha value is -1.54. The van der Waals surface area contributed by atoms with E-state index in [0.29, 0.717) is 18.0 Å². The zero-order valence-electron chi connectivity index (χ0n) is 15.3. The minimum Gasteiger partial charge on any atom is -0.457 e. The summed E-state index contributed by atoms with van der Waals surface area (Å²) in [6.45, 7) is 4.54. The molecule has 0 atom stereocenters.